The molecule has 0 aliphatic rings. The lowest BCUT2D eigenvalue weighted by Crippen LogP contribution is -1.94. The first kappa shape index (κ1) is 11.4. The first-order valence-corrected chi connectivity index (χ1v) is 5.58. The summed E-state index contributed by atoms with van der Waals surface area (Å²) in [5.74, 6) is 0.967. The smallest absolute Gasteiger partial charge is 0.405 e. The number of nitrogen functional groups attached to an aromatic ring is 1. The van der Waals surface area contributed by atoms with Crippen molar-refractivity contribution in [3.8, 4) is 0 Å². The van der Waals surface area contributed by atoms with Gasteiger partial charge in [0.1, 0.15) is 15.7 Å². The quantitative estimate of drug-likeness (QED) is 0.502. The lowest BCUT2D eigenvalue weighted by molar-refractivity contribution is -0.402. The van der Waals surface area contributed by atoms with Crippen molar-refractivity contribution in [3.05, 3.63) is 40.4 Å². The Labute approximate surface area is 100 Å². The number of aromatic nitrogens is 2. The van der Waals surface area contributed by atoms with Crippen LogP contribution < -0.4 is 5.73 Å². The number of nitro groups is 1. The van der Waals surface area contributed by atoms with Crippen molar-refractivity contribution in [2.24, 2.45) is 0 Å². The van der Waals surface area contributed by atoms with E-state index in [1.165, 1.54) is 30.2 Å². The minimum Gasteiger partial charge on any atom is -0.405 e. The van der Waals surface area contributed by atoms with E-state index in [1.807, 2.05) is 0 Å². The summed E-state index contributed by atoms with van der Waals surface area (Å²) >= 11 is 1.31. The molecule has 0 saturated carbocycles. The molecule has 7 nitrogen and oxygen atoms in total. The van der Waals surface area contributed by atoms with Gasteiger partial charge in [0.2, 0.25) is 0 Å². The molecule has 0 aliphatic carbocycles. The second kappa shape index (κ2) is 4.83. The van der Waals surface area contributed by atoms with E-state index in [9.17, 15) is 10.1 Å². The molecule has 17 heavy (non-hydrogen) atoms. The number of anilines is 1. The largest absolute Gasteiger partial charge is 0.433 e. The van der Waals surface area contributed by atoms with E-state index >= 15 is 0 Å². The molecule has 2 heterocycles. The van der Waals surface area contributed by atoms with Crippen molar-refractivity contribution in [1.29, 1.82) is 0 Å². The third-order valence-corrected chi connectivity index (χ3v) is 2.89. The van der Waals surface area contributed by atoms with Gasteiger partial charge >= 0.3 is 5.88 Å². The van der Waals surface area contributed by atoms with E-state index in [0.29, 0.717) is 22.4 Å². The van der Waals surface area contributed by atoms with Crippen molar-refractivity contribution in [2.45, 2.75) is 10.8 Å². The molecule has 0 bridgehead atoms. The normalized spacial score (nSPS) is 10.4. The Morgan fingerprint density at radius 1 is 1.41 bits per heavy atom. The maximum atomic E-state index is 10.4. The highest BCUT2D eigenvalue weighted by Gasteiger charge is 2.12. The Balaban J connectivity index is 2.02. The van der Waals surface area contributed by atoms with Gasteiger partial charge in [-0.1, -0.05) is 11.8 Å². The van der Waals surface area contributed by atoms with Crippen molar-refractivity contribution in [2.75, 3.05) is 5.73 Å². The van der Waals surface area contributed by atoms with E-state index in [-0.39, 0.29) is 5.88 Å². The molecule has 0 aromatic carbocycles. The van der Waals surface area contributed by atoms with Crippen LogP contribution in [0.1, 0.15) is 5.76 Å². The zero-order valence-electron chi connectivity index (χ0n) is 8.57. The summed E-state index contributed by atoms with van der Waals surface area (Å²) < 4.78 is 5.00. The van der Waals surface area contributed by atoms with Gasteiger partial charge in [0, 0.05) is 12.4 Å². The molecular formula is C9H8N4O3S. The zero-order valence-corrected chi connectivity index (χ0v) is 9.38. The third kappa shape index (κ3) is 2.72. The van der Waals surface area contributed by atoms with Crippen LogP contribution in [0.2, 0.25) is 0 Å². The Morgan fingerprint density at radius 2 is 2.18 bits per heavy atom. The molecule has 88 valence electrons. The van der Waals surface area contributed by atoms with Crippen LogP contribution in [0, 0.1) is 10.1 Å². The highest BCUT2D eigenvalue weighted by Crippen LogP contribution is 2.26. The summed E-state index contributed by atoms with van der Waals surface area (Å²) in [5, 5.41) is 11.0. The van der Waals surface area contributed by atoms with Gasteiger partial charge in [-0.3, -0.25) is 10.1 Å². The van der Waals surface area contributed by atoms with E-state index in [1.54, 1.807) is 6.07 Å². The van der Waals surface area contributed by atoms with Gasteiger partial charge in [-0.2, -0.15) is 0 Å². The first-order chi connectivity index (χ1) is 8.16. The molecule has 0 spiro atoms. The molecule has 2 N–H and O–H groups in total. The summed E-state index contributed by atoms with van der Waals surface area (Å²) in [6, 6.07) is 2.87. The molecule has 0 amide bonds. The Morgan fingerprint density at radius 3 is 2.82 bits per heavy atom. The van der Waals surface area contributed by atoms with E-state index in [2.05, 4.69) is 9.97 Å². The molecule has 2 aromatic rings. The Bertz CT molecular complexity index is 543. The van der Waals surface area contributed by atoms with Crippen molar-refractivity contribution < 1.29 is 9.34 Å². The van der Waals surface area contributed by atoms with Crippen molar-refractivity contribution in [3.63, 3.8) is 0 Å². The molecule has 0 aliphatic heterocycles. The minimum absolute atomic E-state index is 0.271. The monoisotopic (exact) mass is 252 g/mol. The number of furan rings is 1. The Kier molecular flexibility index (Phi) is 3.24. The highest BCUT2D eigenvalue weighted by atomic mass is 32.2. The predicted molar refractivity (Wildman–Crippen MR) is 61.4 cm³/mol. The number of nitrogens with two attached hydrogens (primary N) is 1. The fraction of sp³-hybridized carbons (Fsp3) is 0.111. The van der Waals surface area contributed by atoms with Gasteiger partial charge in [-0.05, 0) is 6.07 Å². The summed E-state index contributed by atoms with van der Waals surface area (Å²) in [7, 11) is 0. The van der Waals surface area contributed by atoms with Crippen LogP contribution in [0.25, 0.3) is 0 Å². The van der Waals surface area contributed by atoms with E-state index in [4.69, 9.17) is 10.2 Å². The van der Waals surface area contributed by atoms with Gasteiger partial charge in [0.15, 0.2) is 5.82 Å². The van der Waals surface area contributed by atoms with Crippen LogP contribution in [-0.2, 0) is 5.75 Å². The number of hydrogen-bond acceptors (Lipinski definition) is 7. The maximum absolute atomic E-state index is 10.4. The summed E-state index contributed by atoms with van der Waals surface area (Å²) in [6.07, 6.45) is 3.03. The standard InChI is InChI=1S/C9H8N4O3S/c10-8-9(12-4-3-11-8)17-5-6-1-2-7(16-6)13(14)15/h1-4H,5H2,(H2,10,11). The predicted octanol–water partition coefficient (Wildman–Crippen LogP) is 1.85. The SMILES string of the molecule is Nc1nccnc1SCc1ccc([N+](=O)[O-])o1. The first-order valence-electron chi connectivity index (χ1n) is 4.59. The lowest BCUT2D eigenvalue weighted by Gasteiger charge is -2.00. The maximum Gasteiger partial charge on any atom is 0.433 e. The molecule has 2 rings (SSSR count). The van der Waals surface area contributed by atoms with Crippen molar-refractivity contribution in [1.82, 2.24) is 9.97 Å². The van der Waals surface area contributed by atoms with Gasteiger partial charge < -0.3 is 10.2 Å². The number of nitrogens with zero attached hydrogens (tertiary/aromatic N) is 3. The fourth-order valence-electron chi connectivity index (χ4n) is 1.13. The average molecular weight is 252 g/mol. The summed E-state index contributed by atoms with van der Waals surface area (Å²) in [5.41, 5.74) is 5.60. The van der Waals surface area contributed by atoms with Gasteiger partial charge in [-0.25, -0.2) is 9.97 Å². The van der Waals surface area contributed by atoms with E-state index in [0.717, 1.165) is 0 Å². The van der Waals surface area contributed by atoms with Crippen LogP contribution in [0.4, 0.5) is 11.7 Å². The molecule has 0 radical (unpaired) electrons. The van der Waals surface area contributed by atoms with Crippen LogP contribution in [0.5, 0.6) is 0 Å². The van der Waals surface area contributed by atoms with E-state index < -0.39 is 4.92 Å². The number of hydrogen-bond donors (Lipinski definition) is 1. The van der Waals surface area contributed by atoms with Crippen molar-refractivity contribution >= 4 is 23.5 Å². The van der Waals surface area contributed by atoms with Gasteiger partial charge in [0.05, 0.1) is 11.8 Å². The van der Waals surface area contributed by atoms with Crippen LogP contribution >= 0.6 is 11.8 Å². The van der Waals surface area contributed by atoms with Crippen LogP contribution in [0.3, 0.4) is 0 Å². The lowest BCUT2D eigenvalue weighted by atomic mass is 10.5. The third-order valence-electron chi connectivity index (χ3n) is 1.87. The fourth-order valence-corrected chi connectivity index (χ4v) is 1.90. The Hall–Kier alpha value is -2.09. The second-order valence-electron chi connectivity index (χ2n) is 3.03. The van der Waals surface area contributed by atoms with Gasteiger partial charge in [0.25, 0.3) is 0 Å². The summed E-state index contributed by atoms with van der Waals surface area (Å²) in [4.78, 5) is 17.7. The van der Waals surface area contributed by atoms with Crippen LogP contribution in [-0.4, -0.2) is 14.9 Å². The number of rotatable bonds is 4. The minimum atomic E-state index is -0.579. The molecular weight excluding hydrogens is 244 g/mol. The molecule has 0 saturated heterocycles. The van der Waals surface area contributed by atoms with Crippen LogP contribution in [0.15, 0.2) is 34.0 Å². The molecule has 0 fully saturated rings. The van der Waals surface area contributed by atoms with Gasteiger partial charge in [-0.15, -0.1) is 0 Å². The molecule has 0 unspecified atom stereocenters. The number of thioether (sulfide) groups is 1. The zero-order chi connectivity index (χ0) is 12.3. The second-order valence-corrected chi connectivity index (χ2v) is 4.00. The molecule has 2 aromatic heterocycles. The average Bonchev–Trinajstić information content (AvgIpc) is 2.77. The summed E-state index contributed by atoms with van der Waals surface area (Å²) in [6.45, 7) is 0. The highest BCUT2D eigenvalue weighted by molar-refractivity contribution is 7.98. The topological polar surface area (TPSA) is 108 Å². The molecule has 8 heteroatoms. The molecule has 0 atom stereocenters.